The molecule has 0 aliphatic carbocycles. The number of benzene rings is 3. The third kappa shape index (κ3) is 7.89. The van der Waals surface area contributed by atoms with E-state index >= 15 is 0 Å². The minimum atomic E-state index is -0.605. The van der Waals surface area contributed by atoms with Crippen LogP contribution in [-0.4, -0.2) is 23.9 Å². The van der Waals surface area contributed by atoms with E-state index in [9.17, 15) is 19.2 Å². The number of rotatable bonds is 10. The number of carbonyl (C=O) groups excluding carboxylic acids is 4. The van der Waals surface area contributed by atoms with Crippen molar-refractivity contribution in [3.63, 3.8) is 0 Å². The zero-order chi connectivity index (χ0) is 27.5. The molecule has 0 saturated carbocycles. The van der Waals surface area contributed by atoms with Crippen molar-refractivity contribution < 1.29 is 38.1 Å². The molecule has 8 heteroatoms. The Kier molecular flexibility index (Phi) is 9.48. The molecule has 0 fully saturated rings. The highest BCUT2D eigenvalue weighted by atomic mass is 16.5. The minimum Gasteiger partial charge on any atom is -0.423 e. The van der Waals surface area contributed by atoms with Crippen LogP contribution in [0.5, 0.6) is 23.0 Å². The van der Waals surface area contributed by atoms with Crippen molar-refractivity contribution in [3.05, 3.63) is 115 Å². The Hall–Kier alpha value is -5.24. The maximum atomic E-state index is 12.6. The summed E-state index contributed by atoms with van der Waals surface area (Å²) in [5, 5.41) is 0. The van der Waals surface area contributed by atoms with E-state index in [0.29, 0.717) is 29.0 Å². The van der Waals surface area contributed by atoms with Gasteiger partial charge in [0, 0.05) is 18.2 Å². The zero-order valence-electron chi connectivity index (χ0n) is 20.5. The van der Waals surface area contributed by atoms with Crippen LogP contribution in [0.1, 0.15) is 28.4 Å². The topological polar surface area (TPSA) is 105 Å². The fraction of sp³-hybridized carbons (Fsp3) is 0.0667. The SMILES string of the molecule is C=CC(=O)Oc1ccc(/C=C/C(=O)Oc2ccc(OC(=O)c3ccc(OC(=O)C=C)cc3)c(CC)c2)cc1. The Morgan fingerprint density at radius 3 is 1.76 bits per heavy atom. The number of hydrogen-bond acceptors (Lipinski definition) is 8. The van der Waals surface area contributed by atoms with Gasteiger partial charge in [-0.25, -0.2) is 19.2 Å². The van der Waals surface area contributed by atoms with Crippen LogP contribution < -0.4 is 18.9 Å². The Bertz CT molecular complexity index is 1380. The van der Waals surface area contributed by atoms with Gasteiger partial charge in [0.1, 0.15) is 23.0 Å². The fourth-order valence-corrected chi connectivity index (χ4v) is 3.09. The van der Waals surface area contributed by atoms with Gasteiger partial charge in [-0.05, 0) is 78.2 Å². The van der Waals surface area contributed by atoms with Gasteiger partial charge in [0.2, 0.25) is 0 Å². The molecule has 3 aromatic rings. The second-order valence-electron chi connectivity index (χ2n) is 7.61. The van der Waals surface area contributed by atoms with Crippen LogP contribution in [0.25, 0.3) is 6.08 Å². The molecule has 0 radical (unpaired) electrons. The van der Waals surface area contributed by atoms with Crippen LogP contribution in [0.3, 0.4) is 0 Å². The summed E-state index contributed by atoms with van der Waals surface area (Å²) in [6.45, 7) is 8.54. The second-order valence-corrected chi connectivity index (χ2v) is 7.61. The largest absolute Gasteiger partial charge is 0.423 e. The first-order valence-corrected chi connectivity index (χ1v) is 11.4. The normalized spacial score (nSPS) is 10.3. The Morgan fingerprint density at radius 1 is 0.684 bits per heavy atom. The molecule has 0 bridgehead atoms. The first-order valence-electron chi connectivity index (χ1n) is 11.4. The molecule has 192 valence electrons. The van der Waals surface area contributed by atoms with Gasteiger partial charge in [-0.15, -0.1) is 0 Å². The highest BCUT2D eigenvalue weighted by molar-refractivity contribution is 5.92. The lowest BCUT2D eigenvalue weighted by Gasteiger charge is -2.11. The number of hydrogen-bond donors (Lipinski definition) is 0. The van der Waals surface area contributed by atoms with Gasteiger partial charge in [-0.2, -0.15) is 0 Å². The van der Waals surface area contributed by atoms with E-state index in [1.165, 1.54) is 36.4 Å². The van der Waals surface area contributed by atoms with Gasteiger partial charge in [-0.1, -0.05) is 32.2 Å². The molecule has 0 atom stereocenters. The van der Waals surface area contributed by atoms with E-state index in [1.54, 1.807) is 42.5 Å². The van der Waals surface area contributed by atoms with Crippen LogP contribution in [0.15, 0.2) is 98.1 Å². The molecule has 8 nitrogen and oxygen atoms in total. The molecule has 3 aromatic carbocycles. The van der Waals surface area contributed by atoms with E-state index in [-0.39, 0.29) is 17.1 Å². The van der Waals surface area contributed by atoms with Crippen LogP contribution >= 0.6 is 0 Å². The van der Waals surface area contributed by atoms with Crippen LogP contribution in [0.4, 0.5) is 0 Å². The van der Waals surface area contributed by atoms with Crippen molar-refractivity contribution in [3.8, 4) is 23.0 Å². The van der Waals surface area contributed by atoms with Gasteiger partial charge in [-0.3, -0.25) is 0 Å². The summed E-state index contributed by atoms with van der Waals surface area (Å²) in [5.41, 5.74) is 1.62. The molecule has 3 rings (SSSR count). The molecule has 0 amide bonds. The van der Waals surface area contributed by atoms with Gasteiger partial charge in [0.05, 0.1) is 5.56 Å². The van der Waals surface area contributed by atoms with Gasteiger partial charge in [0.15, 0.2) is 0 Å². The molecular weight excluding hydrogens is 488 g/mol. The number of carbonyl (C=O) groups is 4. The molecule has 0 N–H and O–H groups in total. The minimum absolute atomic E-state index is 0.262. The number of esters is 4. The van der Waals surface area contributed by atoms with E-state index in [1.807, 2.05) is 6.92 Å². The molecular formula is C30H24O8. The molecule has 0 aliphatic rings. The molecule has 0 aromatic heterocycles. The van der Waals surface area contributed by atoms with Crippen molar-refractivity contribution >= 4 is 30.0 Å². The summed E-state index contributed by atoms with van der Waals surface area (Å²) < 4.78 is 20.9. The molecule has 38 heavy (non-hydrogen) atoms. The van der Waals surface area contributed by atoms with Crippen LogP contribution in [-0.2, 0) is 20.8 Å². The smallest absolute Gasteiger partial charge is 0.343 e. The van der Waals surface area contributed by atoms with Crippen molar-refractivity contribution in [1.82, 2.24) is 0 Å². The first-order chi connectivity index (χ1) is 18.3. The zero-order valence-corrected chi connectivity index (χ0v) is 20.5. The summed E-state index contributed by atoms with van der Waals surface area (Å²) in [6.07, 6.45) is 5.44. The Labute approximate surface area is 219 Å². The van der Waals surface area contributed by atoms with Gasteiger partial charge >= 0.3 is 23.9 Å². The standard InChI is InChI=1S/C30H24O8/c1-4-21-19-25(37-29(33)18-9-20-7-12-23(13-8-20)35-27(31)5-2)16-17-26(21)38-30(34)22-10-14-24(15-11-22)36-28(32)6-3/h5-19H,2-4H2,1H3/b18-9+. The van der Waals surface area contributed by atoms with E-state index in [0.717, 1.165) is 12.2 Å². The average Bonchev–Trinajstić information content (AvgIpc) is 2.93. The quantitative estimate of drug-likeness (QED) is 0.206. The fourth-order valence-electron chi connectivity index (χ4n) is 3.09. The highest BCUT2D eigenvalue weighted by Crippen LogP contribution is 2.26. The van der Waals surface area contributed by atoms with Gasteiger partial charge < -0.3 is 18.9 Å². The average molecular weight is 513 g/mol. The summed E-state index contributed by atoms with van der Waals surface area (Å²) in [7, 11) is 0. The van der Waals surface area contributed by atoms with Gasteiger partial charge in [0.25, 0.3) is 0 Å². The summed E-state index contributed by atoms with van der Waals surface area (Å²) in [6, 6.07) is 17.1. The lowest BCUT2D eigenvalue weighted by molar-refractivity contribution is -0.129. The highest BCUT2D eigenvalue weighted by Gasteiger charge is 2.13. The molecule has 0 spiro atoms. The maximum absolute atomic E-state index is 12.6. The van der Waals surface area contributed by atoms with Crippen molar-refractivity contribution in [2.75, 3.05) is 0 Å². The predicted octanol–water partition coefficient (Wildman–Crippen LogP) is 5.27. The number of ether oxygens (including phenoxy) is 4. The summed E-state index contributed by atoms with van der Waals surface area (Å²) in [4.78, 5) is 47.4. The first kappa shape index (κ1) is 27.3. The molecule has 0 unspecified atom stereocenters. The lowest BCUT2D eigenvalue weighted by atomic mass is 10.1. The summed E-state index contributed by atoms with van der Waals surface area (Å²) >= 11 is 0. The van der Waals surface area contributed by atoms with Crippen LogP contribution in [0, 0.1) is 0 Å². The third-order valence-corrected chi connectivity index (χ3v) is 4.99. The molecule has 0 saturated heterocycles. The Balaban J connectivity index is 1.60. The third-order valence-electron chi connectivity index (χ3n) is 4.99. The molecule has 0 heterocycles. The van der Waals surface area contributed by atoms with Crippen LogP contribution in [0.2, 0.25) is 0 Å². The van der Waals surface area contributed by atoms with Crippen molar-refractivity contribution in [2.24, 2.45) is 0 Å². The lowest BCUT2D eigenvalue weighted by Crippen LogP contribution is -2.10. The monoisotopic (exact) mass is 512 g/mol. The predicted molar refractivity (Wildman–Crippen MR) is 140 cm³/mol. The van der Waals surface area contributed by atoms with Crippen molar-refractivity contribution in [2.45, 2.75) is 13.3 Å². The molecule has 0 aliphatic heterocycles. The van der Waals surface area contributed by atoms with E-state index in [4.69, 9.17) is 18.9 Å². The van der Waals surface area contributed by atoms with Crippen molar-refractivity contribution in [1.29, 1.82) is 0 Å². The van der Waals surface area contributed by atoms with E-state index < -0.39 is 23.9 Å². The maximum Gasteiger partial charge on any atom is 0.343 e. The number of aryl methyl sites for hydroxylation is 1. The Morgan fingerprint density at radius 2 is 1.21 bits per heavy atom. The second kappa shape index (κ2) is 13.2. The van der Waals surface area contributed by atoms with E-state index in [2.05, 4.69) is 13.2 Å². The summed E-state index contributed by atoms with van der Waals surface area (Å²) in [5.74, 6) is -1.13.